The monoisotopic (exact) mass is 284 g/mol. The van der Waals surface area contributed by atoms with E-state index in [1.54, 1.807) is 6.92 Å². The van der Waals surface area contributed by atoms with Crippen LogP contribution in [-0.4, -0.2) is 50.4 Å². The molecule has 1 unspecified atom stereocenters. The zero-order chi connectivity index (χ0) is 13.5. The molecule has 0 fully saturated rings. The number of alkyl halides is 1. The Bertz CT molecular complexity index is 332. The van der Waals surface area contributed by atoms with Crippen molar-refractivity contribution in [2.45, 2.75) is 20.3 Å². The first kappa shape index (κ1) is 16.7. The van der Waals surface area contributed by atoms with Gasteiger partial charge in [-0.2, -0.15) is 4.31 Å². The Balaban J connectivity index is 4.29. The Morgan fingerprint density at radius 1 is 1.47 bits per heavy atom. The van der Waals surface area contributed by atoms with E-state index in [4.69, 9.17) is 11.6 Å². The van der Waals surface area contributed by atoms with Gasteiger partial charge in [-0.05, 0) is 12.3 Å². The lowest BCUT2D eigenvalue weighted by atomic mass is 10.3. The van der Waals surface area contributed by atoms with Crippen molar-refractivity contribution in [2.24, 2.45) is 5.92 Å². The van der Waals surface area contributed by atoms with Crippen LogP contribution < -0.4 is 5.32 Å². The van der Waals surface area contributed by atoms with Gasteiger partial charge in [0.2, 0.25) is 15.9 Å². The minimum absolute atomic E-state index is 0.0337. The van der Waals surface area contributed by atoms with E-state index in [-0.39, 0.29) is 30.0 Å². The van der Waals surface area contributed by atoms with Gasteiger partial charge in [-0.1, -0.05) is 13.8 Å². The molecular weight excluding hydrogens is 264 g/mol. The molecule has 0 radical (unpaired) electrons. The maximum absolute atomic E-state index is 11.8. The summed E-state index contributed by atoms with van der Waals surface area (Å²) < 4.78 is 24.7. The minimum atomic E-state index is -3.40. The first-order valence-electron chi connectivity index (χ1n) is 5.60. The first-order chi connectivity index (χ1) is 7.83. The molecule has 0 bridgehead atoms. The third-order valence-electron chi connectivity index (χ3n) is 2.17. The third kappa shape index (κ3) is 6.85. The second-order valence-electron chi connectivity index (χ2n) is 4.14. The summed E-state index contributed by atoms with van der Waals surface area (Å²) in [5, 5.41) is 2.63. The van der Waals surface area contributed by atoms with Crippen molar-refractivity contribution in [3.05, 3.63) is 0 Å². The van der Waals surface area contributed by atoms with Crippen LogP contribution in [0, 0.1) is 5.92 Å². The summed E-state index contributed by atoms with van der Waals surface area (Å²) in [4.78, 5) is 11.4. The fourth-order valence-corrected chi connectivity index (χ4v) is 2.80. The molecule has 1 amide bonds. The van der Waals surface area contributed by atoms with Crippen LogP contribution in [0.2, 0.25) is 0 Å². The van der Waals surface area contributed by atoms with E-state index >= 15 is 0 Å². The van der Waals surface area contributed by atoms with E-state index in [2.05, 4.69) is 5.32 Å². The largest absolute Gasteiger partial charge is 0.355 e. The number of halogens is 1. The molecule has 0 saturated carbocycles. The zero-order valence-electron chi connectivity index (χ0n) is 10.6. The maximum atomic E-state index is 11.8. The number of nitrogens with zero attached hydrogens (tertiary/aromatic N) is 1. The molecule has 1 atom stereocenters. The average Bonchev–Trinajstić information content (AvgIpc) is 2.25. The van der Waals surface area contributed by atoms with Crippen molar-refractivity contribution in [2.75, 3.05) is 31.8 Å². The van der Waals surface area contributed by atoms with Crippen molar-refractivity contribution >= 4 is 27.5 Å². The van der Waals surface area contributed by atoms with Gasteiger partial charge in [0, 0.05) is 19.5 Å². The quantitative estimate of drug-likeness (QED) is 0.666. The van der Waals surface area contributed by atoms with Crippen molar-refractivity contribution in [1.29, 1.82) is 0 Å². The van der Waals surface area contributed by atoms with E-state index in [0.29, 0.717) is 6.54 Å². The topological polar surface area (TPSA) is 66.5 Å². The molecule has 17 heavy (non-hydrogen) atoms. The molecule has 1 N–H and O–H groups in total. The Labute approximate surface area is 109 Å². The molecule has 0 rings (SSSR count). The number of likely N-dealkylation sites (N-methyl/N-ethyl adjacent to an activating group) is 1. The lowest BCUT2D eigenvalue weighted by molar-refractivity contribution is -0.121. The molecule has 0 aliphatic rings. The van der Waals surface area contributed by atoms with E-state index < -0.39 is 10.0 Å². The summed E-state index contributed by atoms with van der Waals surface area (Å²) >= 11 is 5.57. The Morgan fingerprint density at radius 3 is 2.53 bits per heavy atom. The number of amides is 1. The SMILES string of the molecule is CCCNC(=O)CN(C)S(=O)(=O)CC(C)CCl. The van der Waals surface area contributed by atoms with Crippen molar-refractivity contribution < 1.29 is 13.2 Å². The molecule has 5 nitrogen and oxygen atoms in total. The summed E-state index contributed by atoms with van der Waals surface area (Å²) in [6.07, 6.45) is 0.825. The lowest BCUT2D eigenvalue weighted by Crippen LogP contribution is -2.40. The predicted octanol–water partition coefficient (Wildman–Crippen LogP) is 0.649. The molecule has 0 aromatic rings. The highest BCUT2D eigenvalue weighted by Gasteiger charge is 2.22. The predicted molar refractivity (Wildman–Crippen MR) is 69.6 cm³/mol. The van der Waals surface area contributed by atoms with Gasteiger partial charge in [0.15, 0.2) is 0 Å². The summed E-state index contributed by atoms with van der Waals surface area (Å²) in [7, 11) is -2.00. The molecule has 0 aromatic heterocycles. The minimum Gasteiger partial charge on any atom is -0.355 e. The van der Waals surface area contributed by atoms with Crippen LogP contribution in [0.1, 0.15) is 20.3 Å². The number of nitrogens with one attached hydrogen (secondary N) is 1. The summed E-state index contributed by atoms with van der Waals surface area (Å²) in [5.41, 5.74) is 0. The highest BCUT2D eigenvalue weighted by Crippen LogP contribution is 2.07. The van der Waals surface area contributed by atoms with Gasteiger partial charge in [0.05, 0.1) is 12.3 Å². The van der Waals surface area contributed by atoms with Crippen LogP contribution in [0.15, 0.2) is 0 Å². The van der Waals surface area contributed by atoms with Gasteiger partial charge in [-0.3, -0.25) is 4.79 Å². The average molecular weight is 285 g/mol. The Morgan fingerprint density at radius 2 is 2.06 bits per heavy atom. The van der Waals surface area contributed by atoms with E-state index in [9.17, 15) is 13.2 Å². The van der Waals surface area contributed by atoms with Crippen molar-refractivity contribution in [3.8, 4) is 0 Å². The fourth-order valence-electron chi connectivity index (χ4n) is 1.15. The number of carbonyl (C=O) groups excluding carboxylic acids is 1. The van der Waals surface area contributed by atoms with Gasteiger partial charge in [0.25, 0.3) is 0 Å². The van der Waals surface area contributed by atoms with Gasteiger partial charge in [-0.25, -0.2) is 8.42 Å². The van der Waals surface area contributed by atoms with Gasteiger partial charge < -0.3 is 5.32 Å². The number of hydrogen-bond acceptors (Lipinski definition) is 3. The van der Waals surface area contributed by atoms with Gasteiger partial charge >= 0.3 is 0 Å². The van der Waals surface area contributed by atoms with Crippen molar-refractivity contribution in [1.82, 2.24) is 9.62 Å². The molecule has 0 aliphatic heterocycles. The molecule has 102 valence electrons. The summed E-state index contributed by atoms with van der Waals surface area (Å²) in [5.74, 6) is -0.150. The Kier molecular flexibility index (Phi) is 7.74. The smallest absolute Gasteiger partial charge is 0.235 e. The molecule has 0 heterocycles. The van der Waals surface area contributed by atoms with E-state index in [1.165, 1.54) is 7.05 Å². The van der Waals surface area contributed by atoms with Crippen LogP contribution in [-0.2, 0) is 14.8 Å². The van der Waals surface area contributed by atoms with Crippen LogP contribution in [0.5, 0.6) is 0 Å². The fraction of sp³-hybridized carbons (Fsp3) is 0.900. The lowest BCUT2D eigenvalue weighted by Gasteiger charge is -2.18. The Hall–Kier alpha value is -0.330. The second-order valence-corrected chi connectivity index (χ2v) is 6.57. The first-order valence-corrected chi connectivity index (χ1v) is 7.74. The van der Waals surface area contributed by atoms with Crippen LogP contribution in [0.4, 0.5) is 0 Å². The van der Waals surface area contributed by atoms with E-state index in [0.717, 1.165) is 10.7 Å². The number of sulfonamides is 1. The summed E-state index contributed by atoms with van der Waals surface area (Å²) in [6.45, 7) is 4.11. The molecule has 0 aromatic carbocycles. The van der Waals surface area contributed by atoms with Crippen LogP contribution in [0.3, 0.4) is 0 Å². The third-order valence-corrected chi connectivity index (χ3v) is 4.77. The number of rotatable bonds is 8. The van der Waals surface area contributed by atoms with Crippen LogP contribution >= 0.6 is 11.6 Å². The van der Waals surface area contributed by atoms with Gasteiger partial charge in [0.1, 0.15) is 0 Å². The van der Waals surface area contributed by atoms with E-state index in [1.807, 2.05) is 6.92 Å². The molecule has 0 aliphatic carbocycles. The molecule has 0 saturated heterocycles. The van der Waals surface area contributed by atoms with Gasteiger partial charge in [-0.15, -0.1) is 11.6 Å². The normalized spacial score (nSPS) is 13.7. The second kappa shape index (κ2) is 7.89. The standard InChI is InChI=1S/C10H21ClN2O3S/c1-4-5-12-10(14)7-13(3)17(15,16)8-9(2)6-11/h9H,4-8H2,1-3H3,(H,12,14). The maximum Gasteiger partial charge on any atom is 0.235 e. The number of hydrogen-bond donors (Lipinski definition) is 1. The van der Waals surface area contributed by atoms with Crippen molar-refractivity contribution in [3.63, 3.8) is 0 Å². The molecular formula is C10H21ClN2O3S. The molecule has 7 heteroatoms. The van der Waals surface area contributed by atoms with Crippen LogP contribution in [0.25, 0.3) is 0 Å². The number of carbonyl (C=O) groups is 1. The highest BCUT2D eigenvalue weighted by molar-refractivity contribution is 7.89. The molecule has 0 spiro atoms. The highest BCUT2D eigenvalue weighted by atomic mass is 35.5. The summed E-state index contributed by atoms with van der Waals surface area (Å²) in [6, 6.07) is 0. The zero-order valence-corrected chi connectivity index (χ0v) is 12.1.